The Morgan fingerprint density at radius 2 is 1.96 bits per heavy atom. The molecule has 25 heavy (non-hydrogen) atoms. The number of ether oxygens (including phenoxy) is 1. The third-order valence-electron chi connectivity index (χ3n) is 3.76. The van der Waals surface area contributed by atoms with Crippen LogP contribution in [0.3, 0.4) is 0 Å². The van der Waals surface area contributed by atoms with Crippen LogP contribution in [-0.2, 0) is 26.2 Å². The van der Waals surface area contributed by atoms with Crippen LogP contribution >= 0.6 is 11.6 Å². The summed E-state index contributed by atoms with van der Waals surface area (Å²) in [4.78, 5) is 36.1. The van der Waals surface area contributed by atoms with Crippen LogP contribution in [0.4, 0.5) is 0 Å². The first-order valence-corrected chi connectivity index (χ1v) is 8.37. The lowest BCUT2D eigenvalue weighted by molar-refractivity contribution is -0.159. The summed E-state index contributed by atoms with van der Waals surface area (Å²) < 4.78 is 6.29. The lowest BCUT2D eigenvalue weighted by Crippen LogP contribution is -2.44. The largest absolute Gasteiger partial charge is 0.466 e. The molecule has 0 spiro atoms. The van der Waals surface area contributed by atoms with Crippen molar-refractivity contribution in [3.8, 4) is 0 Å². The quantitative estimate of drug-likeness (QED) is 0.444. The van der Waals surface area contributed by atoms with Gasteiger partial charge < -0.3 is 4.74 Å². The number of nitrogens with zero attached hydrogens (tertiary/aromatic N) is 4. The van der Waals surface area contributed by atoms with Crippen molar-refractivity contribution in [2.24, 2.45) is 7.05 Å². The molecule has 1 aliphatic heterocycles. The summed E-state index contributed by atoms with van der Waals surface area (Å²) in [7, 11) is 1.71. The minimum absolute atomic E-state index is 0.211. The van der Waals surface area contributed by atoms with Gasteiger partial charge >= 0.3 is 5.97 Å². The molecule has 2 rings (SSSR count). The molecular weight excluding hydrogens is 348 g/mol. The molecule has 9 heteroatoms. The fourth-order valence-electron chi connectivity index (χ4n) is 2.60. The molecule has 1 aromatic heterocycles. The van der Waals surface area contributed by atoms with Crippen molar-refractivity contribution in [2.75, 3.05) is 19.7 Å². The Balaban J connectivity index is 2.06. The van der Waals surface area contributed by atoms with Crippen molar-refractivity contribution in [2.45, 2.75) is 26.7 Å². The summed E-state index contributed by atoms with van der Waals surface area (Å²) in [6.45, 7) is 4.48. The highest BCUT2D eigenvalue weighted by Gasteiger charge is 2.30. The fourth-order valence-corrected chi connectivity index (χ4v) is 2.84. The van der Waals surface area contributed by atoms with Crippen LogP contribution in [0.5, 0.6) is 0 Å². The molecule has 2 heterocycles. The number of rotatable bonds is 5. The summed E-state index contributed by atoms with van der Waals surface area (Å²) in [5.41, 5.74) is 1.36. The van der Waals surface area contributed by atoms with E-state index in [0.717, 1.165) is 0 Å². The minimum atomic E-state index is -0.597. The minimum Gasteiger partial charge on any atom is -0.466 e. The van der Waals surface area contributed by atoms with Gasteiger partial charge in [0, 0.05) is 31.8 Å². The van der Waals surface area contributed by atoms with Crippen molar-refractivity contribution in [3.63, 3.8) is 0 Å². The van der Waals surface area contributed by atoms with Crippen LogP contribution in [0, 0.1) is 6.92 Å². The van der Waals surface area contributed by atoms with Gasteiger partial charge in [0.2, 0.25) is 0 Å². The van der Waals surface area contributed by atoms with Crippen LogP contribution in [0.2, 0.25) is 5.15 Å². The van der Waals surface area contributed by atoms with Crippen LogP contribution in [-0.4, -0.2) is 57.3 Å². The number of aromatic nitrogens is 2. The lowest BCUT2D eigenvalue weighted by Gasteiger charge is -2.26. The second-order valence-electron chi connectivity index (χ2n) is 5.56. The number of hydrogen-bond donors (Lipinski definition) is 0. The summed E-state index contributed by atoms with van der Waals surface area (Å²) in [6, 6.07) is 0. The highest BCUT2D eigenvalue weighted by atomic mass is 35.5. The molecule has 0 N–H and O–H groups in total. The Morgan fingerprint density at radius 1 is 1.28 bits per heavy atom. The van der Waals surface area contributed by atoms with E-state index in [2.05, 4.69) is 5.10 Å². The Kier molecular flexibility index (Phi) is 6.19. The first kappa shape index (κ1) is 19.0. The zero-order valence-electron chi connectivity index (χ0n) is 14.5. The zero-order valence-corrected chi connectivity index (χ0v) is 15.2. The molecule has 0 atom stereocenters. The van der Waals surface area contributed by atoms with E-state index in [1.807, 2.05) is 0 Å². The molecule has 8 nitrogen and oxygen atoms in total. The van der Waals surface area contributed by atoms with Gasteiger partial charge in [-0.1, -0.05) is 11.6 Å². The van der Waals surface area contributed by atoms with E-state index in [1.165, 1.54) is 20.8 Å². The molecule has 0 unspecified atom stereocenters. The Labute approximate surface area is 150 Å². The van der Waals surface area contributed by atoms with Gasteiger partial charge in [0.25, 0.3) is 11.8 Å². The van der Waals surface area contributed by atoms with Crippen molar-refractivity contribution in [3.05, 3.63) is 22.5 Å². The predicted molar refractivity (Wildman–Crippen MR) is 91.3 cm³/mol. The number of carbonyl (C=O) groups is 3. The van der Waals surface area contributed by atoms with Crippen molar-refractivity contribution >= 4 is 35.5 Å². The average molecular weight is 369 g/mol. The third kappa shape index (κ3) is 4.39. The number of aryl methyl sites for hydroxylation is 2. The smallest absolute Gasteiger partial charge is 0.315 e. The second-order valence-corrected chi connectivity index (χ2v) is 5.92. The standard InChI is InChI=1S/C16H21ClN4O4/c1-4-25-15(24)10-14(23)21-9-5-8-20(21)13(22)7-6-12-11(2)18-19(3)16(12)17/h6-7H,4-5,8-10H2,1-3H3. The topological polar surface area (TPSA) is 84.7 Å². The molecule has 0 aliphatic carbocycles. The SMILES string of the molecule is CCOC(=O)CC(=O)N1CCCN1C(=O)C=Cc1c(C)nn(C)c1Cl. The number of halogens is 1. The van der Waals surface area contributed by atoms with Gasteiger partial charge in [-0.05, 0) is 26.3 Å². The molecule has 0 saturated carbocycles. The lowest BCUT2D eigenvalue weighted by atomic mass is 10.2. The average Bonchev–Trinajstić information content (AvgIpc) is 3.12. The van der Waals surface area contributed by atoms with Gasteiger partial charge in [-0.2, -0.15) is 5.10 Å². The van der Waals surface area contributed by atoms with Gasteiger partial charge in [-0.15, -0.1) is 0 Å². The van der Waals surface area contributed by atoms with E-state index in [4.69, 9.17) is 16.3 Å². The maximum Gasteiger partial charge on any atom is 0.315 e. The highest BCUT2D eigenvalue weighted by Crippen LogP contribution is 2.21. The Hall–Kier alpha value is -2.35. The molecule has 0 aromatic carbocycles. The van der Waals surface area contributed by atoms with Gasteiger partial charge in [0.15, 0.2) is 0 Å². The van der Waals surface area contributed by atoms with E-state index in [-0.39, 0.29) is 18.9 Å². The van der Waals surface area contributed by atoms with E-state index >= 15 is 0 Å². The summed E-state index contributed by atoms with van der Waals surface area (Å²) in [6.07, 6.45) is 3.21. The van der Waals surface area contributed by atoms with Crippen molar-refractivity contribution in [1.29, 1.82) is 0 Å². The maximum absolute atomic E-state index is 12.4. The molecular formula is C16H21ClN4O4. The first-order chi connectivity index (χ1) is 11.8. The van der Waals surface area contributed by atoms with Crippen molar-refractivity contribution in [1.82, 2.24) is 19.8 Å². The number of carbonyl (C=O) groups excluding carboxylic acids is 3. The zero-order chi connectivity index (χ0) is 18.6. The van der Waals surface area contributed by atoms with E-state index < -0.39 is 11.9 Å². The molecule has 0 bridgehead atoms. The molecule has 1 aliphatic rings. The highest BCUT2D eigenvalue weighted by molar-refractivity contribution is 6.31. The number of amides is 2. The van der Waals surface area contributed by atoms with Crippen LogP contribution < -0.4 is 0 Å². The van der Waals surface area contributed by atoms with Crippen LogP contribution in [0.1, 0.15) is 31.0 Å². The summed E-state index contributed by atoms with van der Waals surface area (Å²) >= 11 is 6.13. The normalized spacial score (nSPS) is 14.4. The second kappa shape index (κ2) is 8.15. The van der Waals surface area contributed by atoms with Gasteiger partial charge in [0.1, 0.15) is 11.6 Å². The number of hydrazine groups is 1. The molecule has 2 amide bonds. The van der Waals surface area contributed by atoms with Crippen LogP contribution in [0.25, 0.3) is 6.08 Å². The predicted octanol–water partition coefficient (Wildman–Crippen LogP) is 1.32. The first-order valence-electron chi connectivity index (χ1n) is 7.99. The van der Waals surface area contributed by atoms with E-state index in [0.29, 0.717) is 35.9 Å². The third-order valence-corrected chi connectivity index (χ3v) is 4.21. The van der Waals surface area contributed by atoms with Gasteiger partial charge in [-0.3, -0.25) is 24.1 Å². The molecule has 0 radical (unpaired) electrons. The van der Waals surface area contributed by atoms with Crippen molar-refractivity contribution < 1.29 is 19.1 Å². The molecule has 1 aromatic rings. The number of hydrogen-bond acceptors (Lipinski definition) is 5. The monoisotopic (exact) mass is 368 g/mol. The van der Waals surface area contributed by atoms with E-state index in [1.54, 1.807) is 27.0 Å². The molecule has 1 saturated heterocycles. The molecule has 1 fully saturated rings. The Morgan fingerprint density at radius 3 is 2.56 bits per heavy atom. The number of esters is 1. The van der Waals surface area contributed by atoms with E-state index in [9.17, 15) is 14.4 Å². The van der Waals surface area contributed by atoms with Gasteiger partial charge in [-0.25, -0.2) is 5.01 Å². The molecule has 136 valence electrons. The summed E-state index contributed by atoms with van der Waals surface area (Å²) in [5.74, 6) is -1.40. The Bertz CT molecular complexity index is 713. The fraction of sp³-hybridized carbons (Fsp3) is 0.500. The summed E-state index contributed by atoms with van der Waals surface area (Å²) in [5, 5.41) is 7.22. The van der Waals surface area contributed by atoms with Crippen LogP contribution in [0.15, 0.2) is 6.08 Å². The maximum atomic E-state index is 12.4. The van der Waals surface area contributed by atoms with Gasteiger partial charge in [0.05, 0.1) is 12.3 Å².